The van der Waals surface area contributed by atoms with Crippen LogP contribution in [0.1, 0.15) is 33.0 Å². The molecule has 4 N–H and O–H groups in total. The van der Waals surface area contributed by atoms with Gasteiger partial charge in [0.1, 0.15) is 5.82 Å². The summed E-state index contributed by atoms with van der Waals surface area (Å²) in [6, 6.07) is 6.48. The number of carbonyl (C=O) groups excluding carboxylic acids is 1. The number of H-pyrrole nitrogens is 3. The molecule has 0 aliphatic carbocycles. The van der Waals surface area contributed by atoms with Gasteiger partial charge in [0.15, 0.2) is 0 Å². The largest absolute Gasteiger partial charge is 0.478 e. The fraction of sp³-hybridized carbons (Fsp3) is 0.263. The smallest absolute Gasteiger partial charge is 0.335 e. The van der Waals surface area contributed by atoms with Crippen molar-refractivity contribution in [1.82, 2.24) is 25.1 Å². The number of nitrogens with zero attached hydrogens (tertiary/aromatic N) is 2. The number of carbonyl (C=O) groups is 2. The van der Waals surface area contributed by atoms with Crippen molar-refractivity contribution < 1.29 is 14.7 Å². The molecule has 2 aromatic heterocycles. The van der Waals surface area contributed by atoms with Crippen LogP contribution in [0.3, 0.4) is 0 Å². The number of aromatic nitrogens is 4. The van der Waals surface area contributed by atoms with E-state index in [1.165, 1.54) is 12.1 Å². The van der Waals surface area contributed by atoms with Gasteiger partial charge in [-0.2, -0.15) is 0 Å². The second kappa shape index (κ2) is 6.84. The Morgan fingerprint density at radius 2 is 1.96 bits per heavy atom. The number of hydrogen-bond acceptors (Lipinski definition) is 4. The molecular weight excluding hydrogens is 362 g/mol. The zero-order valence-corrected chi connectivity index (χ0v) is 15.2. The van der Waals surface area contributed by atoms with E-state index in [1.807, 2.05) is 0 Å². The molecule has 0 unspecified atom stereocenters. The van der Waals surface area contributed by atoms with Gasteiger partial charge >= 0.3 is 5.97 Å². The SMILES string of the molecule is Cc1[nH][nH]c(=O)c1CC(=O)N1CCc2nc(-c3ccc(C(=O)O)cc3)[nH]c2C1. The minimum absolute atomic E-state index is 0.0532. The van der Waals surface area contributed by atoms with Crippen molar-refractivity contribution in [1.29, 1.82) is 0 Å². The first-order chi connectivity index (χ1) is 13.4. The third-order valence-electron chi connectivity index (χ3n) is 5.01. The van der Waals surface area contributed by atoms with E-state index in [2.05, 4.69) is 20.2 Å². The number of amides is 1. The number of carboxylic acids is 1. The highest BCUT2D eigenvalue weighted by molar-refractivity contribution is 5.88. The number of aromatic carboxylic acids is 1. The fourth-order valence-corrected chi connectivity index (χ4v) is 3.36. The first kappa shape index (κ1) is 17.8. The fourth-order valence-electron chi connectivity index (χ4n) is 3.36. The highest BCUT2D eigenvalue weighted by Gasteiger charge is 2.25. The van der Waals surface area contributed by atoms with Crippen molar-refractivity contribution in [3.8, 4) is 11.4 Å². The molecule has 1 aliphatic rings. The molecule has 1 aromatic carbocycles. The van der Waals surface area contributed by atoms with Crippen LogP contribution in [-0.4, -0.2) is 48.6 Å². The minimum atomic E-state index is -0.976. The van der Waals surface area contributed by atoms with E-state index in [-0.39, 0.29) is 23.5 Å². The summed E-state index contributed by atoms with van der Waals surface area (Å²) in [5.41, 5.74) is 3.62. The maximum atomic E-state index is 12.6. The summed E-state index contributed by atoms with van der Waals surface area (Å²) in [6.45, 7) is 2.69. The Morgan fingerprint density at radius 3 is 2.61 bits per heavy atom. The van der Waals surface area contributed by atoms with E-state index < -0.39 is 5.97 Å². The van der Waals surface area contributed by atoms with Gasteiger partial charge in [-0.05, 0) is 19.1 Å². The summed E-state index contributed by atoms with van der Waals surface area (Å²) in [5, 5.41) is 14.2. The van der Waals surface area contributed by atoms with Crippen molar-refractivity contribution in [2.75, 3.05) is 6.54 Å². The molecule has 144 valence electrons. The van der Waals surface area contributed by atoms with Crippen molar-refractivity contribution in [2.24, 2.45) is 0 Å². The predicted molar refractivity (Wildman–Crippen MR) is 100.0 cm³/mol. The van der Waals surface area contributed by atoms with E-state index in [4.69, 9.17) is 5.11 Å². The van der Waals surface area contributed by atoms with E-state index in [0.29, 0.717) is 36.6 Å². The van der Waals surface area contributed by atoms with Crippen LogP contribution in [0.4, 0.5) is 0 Å². The summed E-state index contributed by atoms with van der Waals surface area (Å²) in [7, 11) is 0. The molecule has 0 atom stereocenters. The van der Waals surface area contributed by atoms with Crippen LogP contribution in [0, 0.1) is 6.92 Å². The molecule has 9 nitrogen and oxygen atoms in total. The van der Waals surface area contributed by atoms with Crippen molar-refractivity contribution in [2.45, 2.75) is 26.3 Å². The molecule has 0 fully saturated rings. The summed E-state index contributed by atoms with van der Waals surface area (Å²) < 4.78 is 0. The Kier molecular flexibility index (Phi) is 4.34. The Bertz CT molecular complexity index is 1110. The van der Waals surface area contributed by atoms with Crippen LogP contribution >= 0.6 is 0 Å². The second-order valence-corrected chi connectivity index (χ2v) is 6.82. The molecule has 0 saturated carbocycles. The van der Waals surface area contributed by atoms with Gasteiger partial charge in [-0.15, -0.1) is 0 Å². The first-order valence-corrected chi connectivity index (χ1v) is 8.87. The zero-order chi connectivity index (χ0) is 19.8. The van der Waals surface area contributed by atoms with Gasteiger partial charge in [0.05, 0.1) is 29.9 Å². The Balaban J connectivity index is 1.50. The lowest BCUT2D eigenvalue weighted by atomic mass is 10.1. The highest BCUT2D eigenvalue weighted by Crippen LogP contribution is 2.23. The number of fused-ring (bicyclic) bond motifs is 1. The normalized spacial score (nSPS) is 13.4. The molecular formula is C19H19N5O4. The van der Waals surface area contributed by atoms with Crippen LogP contribution in [-0.2, 0) is 24.2 Å². The number of nitrogens with one attached hydrogen (secondary N) is 3. The van der Waals surface area contributed by atoms with E-state index in [0.717, 1.165) is 17.0 Å². The van der Waals surface area contributed by atoms with Crippen LogP contribution < -0.4 is 5.56 Å². The van der Waals surface area contributed by atoms with Gasteiger partial charge in [0.25, 0.3) is 5.56 Å². The van der Waals surface area contributed by atoms with Gasteiger partial charge in [0.2, 0.25) is 5.91 Å². The highest BCUT2D eigenvalue weighted by atomic mass is 16.4. The third kappa shape index (κ3) is 3.22. The average molecular weight is 381 g/mol. The van der Waals surface area contributed by atoms with Gasteiger partial charge in [-0.25, -0.2) is 9.78 Å². The van der Waals surface area contributed by atoms with Crippen LogP contribution in [0.25, 0.3) is 11.4 Å². The Hall–Kier alpha value is -3.62. The quantitative estimate of drug-likeness (QED) is 0.539. The standard InChI is InChI=1S/C19H19N5O4/c1-10-13(18(26)23-22-10)8-16(25)24-7-6-14-15(9-24)21-17(20-14)11-2-4-12(5-3-11)19(27)28/h2-5H,6-9H2,1H3,(H,20,21)(H,27,28)(H2,22,23,26). The number of carboxylic acid groups (broad SMARTS) is 1. The number of aryl methyl sites for hydroxylation is 1. The molecule has 0 bridgehead atoms. The van der Waals surface area contributed by atoms with Gasteiger partial charge in [-0.3, -0.25) is 14.7 Å². The maximum absolute atomic E-state index is 12.6. The van der Waals surface area contributed by atoms with Gasteiger partial charge < -0.3 is 20.1 Å². The lowest BCUT2D eigenvalue weighted by Crippen LogP contribution is -2.37. The third-order valence-corrected chi connectivity index (χ3v) is 5.01. The number of imidazole rings is 1. The van der Waals surface area contributed by atoms with Crippen LogP contribution in [0.5, 0.6) is 0 Å². The van der Waals surface area contributed by atoms with Crippen molar-refractivity contribution >= 4 is 11.9 Å². The summed E-state index contributed by atoms with van der Waals surface area (Å²) in [5.74, 6) is -0.439. The summed E-state index contributed by atoms with van der Waals surface area (Å²) >= 11 is 0. The maximum Gasteiger partial charge on any atom is 0.335 e. The van der Waals surface area contributed by atoms with Crippen LogP contribution in [0.15, 0.2) is 29.1 Å². The topological polar surface area (TPSA) is 135 Å². The van der Waals surface area contributed by atoms with E-state index in [1.54, 1.807) is 24.0 Å². The molecule has 3 aromatic rings. The monoisotopic (exact) mass is 381 g/mol. The number of benzene rings is 1. The lowest BCUT2D eigenvalue weighted by Gasteiger charge is -2.26. The molecule has 0 saturated heterocycles. The lowest BCUT2D eigenvalue weighted by molar-refractivity contribution is -0.131. The molecule has 1 amide bonds. The minimum Gasteiger partial charge on any atom is -0.478 e. The summed E-state index contributed by atoms with van der Waals surface area (Å²) in [4.78, 5) is 44.9. The molecule has 28 heavy (non-hydrogen) atoms. The average Bonchev–Trinajstić information content (AvgIpc) is 3.25. The first-order valence-electron chi connectivity index (χ1n) is 8.87. The Labute approximate surface area is 159 Å². The number of rotatable bonds is 4. The number of hydrogen-bond donors (Lipinski definition) is 4. The van der Waals surface area contributed by atoms with Crippen molar-refractivity contribution in [3.05, 3.63) is 62.8 Å². The zero-order valence-electron chi connectivity index (χ0n) is 15.2. The molecule has 0 radical (unpaired) electrons. The molecule has 3 heterocycles. The number of aromatic amines is 3. The molecule has 0 spiro atoms. The molecule has 4 rings (SSSR count). The predicted octanol–water partition coefficient (Wildman–Crippen LogP) is 1.23. The molecule has 1 aliphatic heterocycles. The van der Waals surface area contributed by atoms with E-state index >= 15 is 0 Å². The Morgan fingerprint density at radius 1 is 1.21 bits per heavy atom. The molecule has 9 heteroatoms. The van der Waals surface area contributed by atoms with Crippen molar-refractivity contribution in [3.63, 3.8) is 0 Å². The second-order valence-electron chi connectivity index (χ2n) is 6.82. The van der Waals surface area contributed by atoms with Gasteiger partial charge in [-0.1, -0.05) is 12.1 Å². The summed E-state index contributed by atoms with van der Waals surface area (Å²) in [6.07, 6.45) is 0.672. The van der Waals surface area contributed by atoms with Gasteiger partial charge in [0, 0.05) is 29.8 Å². The van der Waals surface area contributed by atoms with E-state index in [9.17, 15) is 14.4 Å². The van der Waals surface area contributed by atoms with Crippen LogP contribution in [0.2, 0.25) is 0 Å².